The van der Waals surface area contributed by atoms with Gasteiger partial charge < -0.3 is 9.73 Å². The van der Waals surface area contributed by atoms with Gasteiger partial charge in [0.25, 0.3) is 0 Å². The lowest BCUT2D eigenvalue weighted by atomic mass is 10.2. The highest BCUT2D eigenvalue weighted by Crippen LogP contribution is 2.20. The van der Waals surface area contributed by atoms with Gasteiger partial charge in [-0.15, -0.1) is 0 Å². The van der Waals surface area contributed by atoms with E-state index < -0.39 is 0 Å². The van der Waals surface area contributed by atoms with Gasteiger partial charge in [0.1, 0.15) is 28.8 Å². The summed E-state index contributed by atoms with van der Waals surface area (Å²) in [5.41, 5.74) is 0. The van der Waals surface area contributed by atoms with Crippen LogP contribution in [0, 0.1) is 6.92 Å². The Bertz CT molecular complexity index is 484. The lowest BCUT2D eigenvalue weighted by Gasteiger charge is -2.11. The monoisotopic (exact) mass is 237 g/mol. The van der Waals surface area contributed by atoms with E-state index in [4.69, 9.17) is 16.0 Å². The maximum atomic E-state index is 5.76. The second-order valence-electron chi connectivity index (χ2n) is 3.54. The molecule has 0 saturated carbocycles. The first kappa shape index (κ1) is 11.0. The van der Waals surface area contributed by atoms with E-state index in [0.717, 1.165) is 11.5 Å². The lowest BCUT2D eigenvalue weighted by Crippen LogP contribution is -2.07. The van der Waals surface area contributed by atoms with Gasteiger partial charge in [0.05, 0.1) is 6.04 Å². The van der Waals surface area contributed by atoms with Crippen molar-refractivity contribution in [1.82, 2.24) is 9.97 Å². The molecule has 1 N–H and O–H groups in total. The molecule has 0 aliphatic rings. The predicted molar refractivity (Wildman–Crippen MR) is 62.5 cm³/mol. The summed E-state index contributed by atoms with van der Waals surface area (Å²) in [6, 6.07) is 5.59. The van der Waals surface area contributed by atoms with Crippen molar-refractivity contribution in [3.05, 3.63) is 41.2 Å². The van der Waals surface area contributed by atoms with Crippen molar-refractivity contribution in [2.45, 2.75) is 19.9 Å². The lowest BCUT2D eigenvalue weighted by molar-refractivity contribution is 0.466. The van der Waals surface area contributed by atoms with Crippen LogP contribution in [0.5, 0.6) is 0 Å². The Labute approximate surface area is 98.7 Å². The summed E-state index contributed by atoms with van der Waals surface area (Å²) in [4.78, 5) is 7.88. The molecule has 0 aromatic carbocycles. The van der Waals surface area contributed by atoms with E-state index in [9.17, 15) is 0 Å². The zero-order valence-corrected chi connectivity index (χ0v) is 9.82. The van der Waals surface area contributed by atoms with Crippen molar-refractivity contribution in [2.24, 2.45) is 0 Å². The Morgan fingerprint density at radius 2 is 2.19 bits per heavy atom. The number of halogens is 1. The normalized spacial score (nSPS) is 12.4. The van der Waals surface area contributed by atoms with Gasteiger partial charge in [-0.1, -0.05) is 11.6 Å². The molecule has 0 fully saturated rings. The average molecular weight is 238 g/mol. The predicted octanol–water partition coefficient (Wildman–Crippen LogP) is 3.20. The van der Waals surface area contributed by atoms with Crippen LogP contribution in [0.4, 0.5) is 5.82 Å². The summed E-state index contributed by atoms with van der Waals surface area (Å²) >= 11 is 5.76. The second kappa shape index (κ2) is 4.53. The maximum Gasteiger partial charge on any atom is 0.134 e. The standard InChI is InChI=1S/C11H12ClN3O/c1-7-3-4-9(16-7)8(2)15-11-5-10(12)13-6-14-11/h3-6,8H,1-2H3,(H,13,14,15). The fourth-order valence-corrected chi connectivity index (χ4v) is 1.54. The fourth-order valence-electron chi connectivity index (χ4n) is 1.39. The maximum absolute atomic E-state index is 5.76. The number of hydrogen-bond acceptors (Lipinski definition) is 4. The molecule has 5 heteroatoms. The van der Waals surface area contributed by atoms with E-state index in [1.807, 2.05) is 26.0 Å². The first-order chi connectivity index (χ1) is 7.65. The first-order valence-corrected chi connectivity index (χ1v) is 5.33. The van der Waals surface area contributed by atoms with Gasteiger partial charge in [0.2, 0.25) is 0 Å². The van der Waals surface area contributed by atoms with Crippen LogP contribution in [0.3, 0.4) is 0 Å². The van der Waals surface area contributed by atoms with Gasteiger partial charge in [-0.3, -0.25) is 0 Å². The zero-order chi connectivity index (χ0) is 11.5. The van der Waals surface area contributed by atoms with Gasteiger partial charge in [0.15, 0.2) is 0 Å². The van der Waals surface area contributed by atoms with Crippen LogP contribution in [0.25, 0.3) is 0 Å². The molecule has 1 unspecified atom stereocenters. The number of nitrogens with zero attached hydrogens (tertiary/aromatic N) is 2. The van der Waals surface area contributed by atoms with E-state index in [0.29, 0.717) is 11.0 Å². The highest BCUT2D eigenvalue weighted by atomic mass is 35.5. The highest BCUT2D eigenvalue weighted by Gasteiger charge is 2.09. The minimum Gasteiger partial charge on any atom is -0.464 e. The van der Waals surface area contributed by atoms with Crippen LogP contribution < -0.4 is 5.32 Å². The number of aromatic nitrogens is 2. The molecular formula is C11H12ClN3O. The van der Waals surface area contributed by atoms with Gasteiger partial charge in [-0.25, -0.2) is 9.97 Å². The number of aryl methyl sites for hydroxylation is 1. The number of hydrogen-bond donors (Lipinski definition) is 1. The third kappa shape index (κ3) is 2.52. The number of furan rings is 1. The summed E-state index contributed by atoms with van der Waals surface area (Å²) in [5.74, 6) is 2.44. The zero-order valence-electron chi connectivity index (χ0n) is 9.07. The van der Waals surface area contributed by atoms with Crippen LogP contribution in [0.2, 0.25) is 5.15 Å². The van der Waals surface area contributed by atoms with Crippen molar-refractivity contribution >= 4 is 17.4 Å². The van der Waals surface area contributed by atoms with E-state index in [1.54, 1.807) is 6.07 Å². The highest BCUT2D eigenvalue weighted by molar-refractivity contribution is 6.29. The molecule has 16 heavy (non-hydrogen) atoms. The van der Waals surface area contributed by atoms with Gasteiger partial charge in [0, 0.05) is 6.07 Å². The number of rotatable bonds is 3. The van der Waals surface area contributed by atoms with Crippen LogP contribution in [0.15, 0.2) is 28.9 Å². The molecule has 4 nitrogen and oxygen atoms in total. The van der Waals surface area contributed by atoms with E-state index in [1.165, 1.54) is 6.33 Å². The Hall–Kier alpha value is -1.55. The van der Waals surface area contributed by atoms with Crippen LogP contribution in [-0.4, -0.2) is 9.97 Å². The third-order valence-electron chi connectivity index (χ3n) is 2.19. The minimum atomic E-state index is 0.0414. The van der Waals surface area contributed by atoms with Crippen molar-refractivity contribution in [3.63, 3.8) is 0 Å². The molecular weight excluding hydrogens is 226 g/mol. The molecule has 0 amide bonds. The van der Waals surface area contributed by atoms with Crippen LogP contribution in [-0.2, 0) is 0 Å². The Balaban J connectivity index is 2.10. The average Bonchev–Trinajstić information content (AvgIpc) is 2.65. The molecule has 0 radical (unpaired) electrons. The van der Waals surface area contributed by atoms with Crippen molar-refractivity contribution in [3.8, 4) is 0 Å². The largest absolute Gasteiger partial charge is 0.464 e. The molecule has 2 aromatic rings. The SMILES string of the molecule is Cc1ccc(C(C)Nc2cc(Cl)ncn2)o1. The Morgan fingerprint density at radius 1 is 1.38 bits per heavy atom. The molecule has 2 rings (SSSR count). The van der Waals surface area contributed by atoms with Crippen molar-refractivity contribution < 1.29 is 4.42 Å². The van der Waals surface area contributed by atoms with E-state index in [2.05, 4.69) is 15.3 Å². The quantitative estimate of drug-likeness (QED) is 0.833. The summed E-state index contributed by atoms with van der Waals surface area (Å²) in [6.45, 7) is 3.91. The van der Waals surface area contributed by atoms with Crippen LogP contribution >= 0.6 is 11.6 Å². The van der Waals surface area contributed by atoms with Crippen molar-refractivity contribution in [2.75, 3.05) is 5.32 Å². The number of nitrogens with one attached hydrogen (secondary N) is 1. The summed E-state index contributed by atoms with van der Waals surface area (Å²) in [7, 11) is 0. The molecule has 0 bridgehead atoms. The van der Waals surface area contributed by atoms with Gasteiger partial charge in [-0.05, 0) is 26.0 Å². The molecule has 2 aromatic heterocycles. The molecule has 0 aliphatic heterocycles. The topological polar surface area (TPSA) is 51.0 Å². The summed E-state index contributed by atoms with van der Waals surface area (Å²) in [5, 5.41) is 3.60. The molecule has 2 heterocycles. The summed E-state index contributed by atoms with van der Waals surface area (Å²) in [6.07, 6.45) is 1.42. The molecule has 84 valence electrons. The van der Waals surface area contributed by atoms with E-state index >= 15 is 0 Å². The van der Waals surface area contributed by atoms with Crippen LogP contribution in [0.1, 0.15) is 24.5 Å². The van der Waals surface area contributed by atoms with Crippen molar-refractivity contribution in [1.29, 1.82) is 0 Å². The molecule has 0 aliphatic carbocycles. The number of anilines is 1. The van der Waals surface area contributed by atoms with E-state index in [-0.39, 0.29) is 6.04 Å². The van der Waals surface area contributed by atoms with Gasteiger partial charge in [-0.2, -0.15) is 0 Å². The molecule has 1 atom stereocenters. The minimum absolute atomic E-state index is 0.0414. The first-order valence-electron chi connectivity index (χ1n) is 4.95. The Kier molecular flexibility index (Phi) is 3.10. The van der Waals surface area contributed by atoms with Gasteiger partial charge >= 0.3 is 0 Å². The second-order valence-corrected chi connectivity index (χ2v) is 3.93. The fraction of sp³-hybridized carbons (Fsp3) is 0.273. The smallest absolute Gasteiger partial charge is 0.134 e. The third-order valence-corrected chi connectivity index (χ3v) is 2.39. The summed E-state index contributed by atoms with van der Waals surface area (Å²) < 4.78 is 5.51. The Morgan fingerprint density at radius 3 is 2.81 bits per heavy atom. The molecule has 0 spiro atoms. The molecule has 0 saturated heterocycles.